The van der Waals surface area contributed by atoms with Gasteiger partial charge in [0.1, 0.15) is 5.60 Å². The van der Waals surface area contributed by atoms with Crippen LogP contribution in [0.15, 0.2) is 0 Å². The van der Waals surface area contributed by atoms with Gasteiger partial charge in [0.05, 0.1) is 13.0 Å². The molecule has 1 fully saturated rings. The quantitative estimate of drug-likeness (QED) is 0.777. The lowest BCUT2D eigenvalue weighted by Gasteiger charge is -2.35. The Hall–Kier alpha value is -1.79. The molecule has 126 valence electrons. The molecule has 0 aromatic heterocycles. The summed E-state index contributed by atoms with van der Waals surface area (Å²) in [6.07, 6.45) is 0.162. The van der Waals surface area contributed by atoms with Crippen molar-refractivity contribution in [2.45, 2.75) is 51.7 Å². The third-order valence-electron chi connectivity index (χ3n) is 3.82. The molecule has 7 nitrogen and oxygen atoms in total. The van der Waals surface area contributed by atoms with Crippen molar-refractivity contribution >= 4 is 18.0 Å². The molecule has 0 aromatic carbocycles. The number of hydrogen-bond donors (Lipinski definition) is 1. The predicted octanol–water partition coefficient (Wildman–Crippen LogP) is 1.31. The van der Waals surface area contributed by atoms with Gasteiger partial charge in [0, 0.05) is 13.6 Å². The summed E-state index contributed by atoms with van der Waals surface area (Å²) in [4.78, 5) is 38.4. The van der Waals surface area contributed by atoms with Crippen LogP contribution in [-0.4, -0.2) is 54.7 Å². The van der Waals surface area contributed by atoms with Gasteiger partial charge in [-0.1, -0.05) is 6.92 Å². The molecule has 2 amide bonds. The van der Waals surface area contributed by atoms with Crippen molar-refractivity contribution in [2.24, 2.45) is 5.92 Å². The van der Waals surface area contributed by atoms with E-state index in [1.807, 2.05) is 0 Å². The first kappa shape index (κ1) is 18.3. The van der Waals surface area contributed by atoms with Crippen LogP contribution in [0, 0.1) is 5.92 Å². The first-order valence-corrected chi connectivity index (χ1v) is 7.38. The Balaban J connectivity index is 3.12. The number of hydrogen-bond acceptors (Lipinski definition) is 5. The Kier molecular flexibility index (Phi) is 5.43. The van der Waals surface area contributed by atoms with Crippen molar-refractivity contribution in [3.63, 3.8) is 0 Å². The van der Waals surface area contributed by atoms with Crippen molar-refractivity contribution < 1.29 is 23.9 Å². The lowest BCUT2D eigenvalue weighted by Crippen LogP contribution is -2.61. The Morgan fingerprint density at radius 1 is 1.36 bits per heavy atom. The molecule has 7 heteroatoms. The summed E-state index contributed by atoms with van der Waals surface area (Å²) in [6.45, 7) is 7.34. The number of carbonyl (C=O) groups excluding carboxylic acids is 3. The first-order valence-electron chi connectivity index (χ1n) is 7.38. The van der Waals surface area contributed by atoms with E-state index in [1.54, 1.807) is 39.6 Å². The largest absolute Gasteiger partial charge is 0.467 e. The number of nitrogens with zero attached hydrogens (tertiary/aromatic N) is 1. The van der Waals surface area contributed by atoms with E-state index in [0.29, 0.717) is 19.4 Å². The predicted molar refractivity (Wildman–Crippen MR) is 80.2 cm³/mol. The number of nitrogens with one attached hydrogen (secondary N) is 1. The number of alkyl carbamates (subject to hydrolysis) is 1. The number of ether oxygens (including phenoxy) is 2. The molecule has 22 heavy (non-hydrogen) atoms. The summed E-state index contributed by atoms with van der Waals surface area (Å²) in [7, 11) is 2.92. The highest BCUT2D eigenvalue weighted by atomic mass is 16.6. The fourth-order valence-electron chi connectivity index (χ4n) is 2.63. The highest BCUT2D eigenvalue weighted by Gasteiger charge is 2.51. The van der Waals surface area contributed by atoms with Crippen LogP contribution in [0.4, 0.5) is 4.79 Å². The normalized spacial score (nSPS) is 26.2. The van der Waals surface area contributed by atoms with E-state index < -0.39 is 29.1 Å². The average Bonchev–Trinajstić information content (AvgIpc) is 2.49. The summed E-state index contributed by atoms with van der Waals surface area (Å²) in [5, 5.41) is 2.60. The van der Waals surface area contributed by atoms with Crippen molar-refractivity contribution in [3.8, 4) is 0 Å². The SMILES string of the molecule is COC(=O)[C@]1(NC(=O)OC(C)(C)C)CCCN(C)C(=O)[C@H]1C. The van der Waals surface area contributed by atoms with E-state index in [-0.39, 0.29) is 5.91 Å². The van der Waals surface area contributed by atoms with Crippen LogP contribution in [-0.2, 0) is 19.1 Å². The minimum atomic E-state index is -1.40. The van der Waals surface area contributed by atoms with E-state index in [2.05, 4.69) is 5.32 Å². The molecular formula is C15H26N2O5. The standard InChI is InChI=1S/C15H26N2O5/c1-10-11(18)17(5)9-7-8-15(10,12(19)21-6)16-13(20)22-14(2,3)4/h10H,7-9H2,1-6H3,(H,16,20)/t10-,15+/m1/s1. The minimum absolute atomic E-state index is 0.209. The summed E-state index contributed by atoms with van der Waals surface area (Å²) in [6, 6.07) is 0. The highest BCUT2D eigenvalue weighted by Crippen LogP contribution is 2.30. The number of esters is 1. The fraction of sp³-hybridized carbons (Fsp3) is 0.800. The monoisotopic (exact) mass is 314 g/mol. The summed E-state index contributed by atoms with van der Waals surface area (Å²) < 4.78 is 10.1. The molecule has 0 aromatic rings. The van der Waals surface area contributed by atoms with Crippen LogP contribution in [0.25, 0.3) is 0 Å². The zero-order chi connectivity index (χ0) is 17.1. The Morgan fingerprint density at radius 3 is 2.45 bits per heavy atom. The van der Waals surface area contributed by atoms with Gasteiger partial charge in [0.15, 0.2) is 5.54 Å². The molecule has 0 radical (unpaired) electrons. The van der Waals surface area contributed by atoms with Crippen LogP contribution in [0.5, 0.6) is 0 Å². The highest BCUT2D eigenvalue weighted by molar-refractivity contribution is 5.93. The zero-order valence-corrected chi connectivity index (χ0v) is 14.2. The fourth-order valence-corrected chi connectivity index (χ4v) is 2.63. The van der Waals surface area contributed by atoms with Crippen molar-refractivity contribution in [3.05, 3.63) is 0 Å². The summed E-state index contributed by atoms with van der Waals surface area (Å²) >= 11 is 0. The third-order valence-corrected chi connectivity index (χ3v) is 3.82. The van der Waals surface area contributed by atoms with Crippen LogP contribution < -0.4 is 5.32 Å². The van der Waals surface area contributed by atoms with Crippen molar-refractivity contribution in [1.82, 2.24) is 10.2 Å². The Labute approximate surface area is 131 Å². The van der Waals surface area contributed by atoms with Crippen LogP contribution >= 0.6 is 0 Å². The molecule has 0 spiro atoms. The van der Waals surface area contributed by atoms with E-state index in [9.17, 15) is 14.4 Å². The second kappa shape index (κ2) is 6.54. The van der Waals surface area contributed by atoms with Gasteiger partial charge in [0.25, 0.3) is 0 Å². The van der Waals surface area contributed by atoms with E-state index in [4.69, 9.17) is 9.47 Å². The Morgan fingerprint density at radius 2 is 1.95 bits per heavy atom. The van der Waals surface area contributed by atoms with Gasteiger partial charge in [-0.3, -0.25) is 4.79 Å². The maximum atomic E-state index is 12.4. The van der Waals surface area contributed by atoms with Gasteiger partial charge < -0.3 is 19.7 Å². The van der Waals surface area contributed by atoms with Gasteiger partial charge in [-0.05, 0) is 33.6 Å². The van der Waals surface area contributed by atoms with Gasteiger partial charge in [-0.15, -0.1) is 0 Å². The Bertz CT molecular complexity index is 457. The van der Waals surface area contributed by atoms with Gasteiger partial charge in [0.2, 0.25) is 5.91 Å². The number of rotatable bonds is 2. The van der Waals surface area contributed by atoms with Crippen LogP contribution in [0.3, 0.4) is 0 Å². The molecular weight excluding hydrogens is 288 g/mol. The van der Waals surface area contributed by atoms with Crippen molar-refractivity contribution in [2.75, 3.05) is 20.7 Å². The van der Waals surface area contributed by atoms with Crippen molar-refractivity contribution in [1.29, 1.82) is 0 Å². The molecule has 1 heterocycles. The molecule has 1 rings (SSSR count). The van der Waals surface area contributed by atoms with E-state index >= 15 is 0 Å². The van der Waals surface area contributed by atoms with Crippen LogP contribution in [0.1, 0.15) is 40.5 Å². The smallest absolute Gasteiger partial charge is 0.408 e. The molecule has 1 aliphatic heterocycles. The lowest BCUT2D eigenvalue weighted by atomic mass is 9.81. The molecule has 0 bridgehead atoms. The maximum absolute atomic E-state index is 12.4. The van der Waals surface area contributed by atoms with Gasteiger partial charge in [-0.25, -0.2) is 9.59 Å². The lowest BCUT2D eigenvalue weighted by molar-refractivity contribution is -0.155. The number of likely N-dealkylation sites (tertiary alicyclic amines) is 1. The molecule has 2 atom stereocenters. The second-order valence-electron chi connectivity index (χ2n) is 6.67. The second-order valence-corrected chi connectivity index (χ2v) is 6.67. The van der Waals surface area contributed by atoms with Gasteiger partial charge >= 0.3 is 12.1 Å². The third kappa shape index (κ3) is 3.90. The van der Waals surface area contributed by atoms with E-state index in [0.717, 1.165) is 0 Å². The molecule has 0 saturated carbocycles. The summed E-state index contributed by atoms with van der Waals surface area (Å²) in [5.74, 6) is -1.58. The molecule has 1 N–H and O–H groups in total. The molecule has 0 unspecified atom stereocenters. The summed E-state index contributed by atoms with van der Waals surface area (Å²) in [5.41, 5.74) is -2.10. The molecule has 1 saturated heterocycles. The zero-order valence-electron chi connectivity index (χ0n) is 14.2. The van der Waals surface area contributed by atoms with Gasteiger partial charge in [-0.2, -0.15) is 0 Å². The topological polar surface area (TPSA) is 84.9 Å². The number of carbonyl (C=O) groups is 3. The number of amides is 2. The van der Waals surface area contributed by atoms with Crippen LogP contribution in [0.2, 0.25) is 0 Å². The molecule has 0 aliphatic carbocycles. The first-order chi connectivity index (χ1) is 10.0. The van der Waals surface area contributed by atoms with E-state index in [1.165, 1.54) is 7.11 Å². The molecule has 1 aliphatic rings. The average molecular weight is 314 g/mol. The number of methoxy groups -OCH3 is 1. The minimum Gasteiger partial charge on any atom is -0.467 e. The maximum Gasteiger partial charge on any atom is 0.408 e.